The van der Waals surface area contributed by atoms with E-state index in [1.54, 1.807) is 7.11 Å². The van der Waals surface area contributed by atoms with Crippen molar-refractivity contribution in [3.8, 4) is 5.75 Å². The molecule has 23 heavy (non-hydrogen) atoms. The predicted molar refractivity (Wildman–Crippen MR) is 90.6 cm³/mol. The second-order valence-corrected chi connectivity index (χ2v) is 6.29. The minimum Gasteiger partial charge on any atom is -0.496 e. The highest BCUT2D eigenvalue weighted by Crippen LogP contribution is 2.25. The summed E-state index contributed by atoms with van der Waals surface area (Å²) in [5, 5.41) is 3.49. The lowest BCUT2D eigenvalue weighted by Gasteiger charge is -2.34. The van der Waals surface area contributed by atoms with Crippen molar-refractivity contribution in [2.24, 2.45) is 5.92 Å². The van der Waals surface area contributed by atoms with Crippen molar-refractivity contribution in [1.82, 2.24) is 10.2 Å². The Kier molecular flexibility index (Phi) is 6.42. The maximum absolute atomic E-state index is 12.8. The molecule has 0 unspecified atom stereocenters. The summed E-state index contributed by atoms with van der Waals surface area (Å²) in [7, 11) is 1.67. The maximum Gasteiger partial charge on any atom is 0.240 e. The van der Waals surface area contributed by atoms with Gasteiger partial charge in [0.2, 0.25) is 5.91 Å². The molecule has 128 valence electrons. The van der Waals surface area contributed by atoms with Crippen LogP contribution in [0, 0.1) is 5.92 Å². The molecule has 0 bridgehead atoms. The highest BCUT2D eigenvalue weighted by molar-refractivity contribution is 5.82. The Bertz CT molecular complexity index is 513. The molecule has 1 heterocycles. The standard InChI is InChI=1S/C18H28N2O3/c1-13(2)17(18(21)20-9-11-23-12-10-20)19-14(3)15-7-5-6-8-16(15)22-4/h5-8,13-14,17,19H,9-12H2,1-4H3/t14-,17-/m1/s1. The molecular weight excluding hydrogens is 292 g/mol. The van der Waals surface area contributed by atoms with Gasteiger partial charge >= 0.3 is 0 Å². The summed E-state index contributed by atoms with van der Waals surface area (Å²) in [6.07, 6.45) is 0. The second-order valence-electron chi connectivity index (χ2n) is 6.29. The molecule has 2 rings (SSSR count). The molecule has 2 atom stereocenters. The van der Waals surface area contributed by atoms with E-state index < -0.39 is 0 Å². The molecular formula is C18H28N2O3. The van der Waals surface area contributed by atoms with Gasteiger partial charge in [-0.05, 0) is 18.9 Å². The zero-order chi connectivity index (χ0) is 16.8. The minimum absolute atomic E-state index is 0.0311. The molecule has 0 aliphatic carbocycles. The molecule has 1 fully saturated rings. The van der Waals surface area contributed by atoms with E-state index in [4.69, 9.17) is 9.47 Å². The van der Waals surface area contributed by atoms with E-state index in [-0.39, 0.29) is 23.9 Å². The molecule has 0 aromatic heterocycles. The zero-order valence-electron chi connectivity index (χ0n) is 14.5. The Balaban J connectivity index is 2.10. The summed E-state index contributed by atoms with van der Waals surface area (Å²) in [5.41, 5.74) is 1.07. The topological polar surface area (TPSA) is 50.8 Å². The van der Waals surface area contributed by atoms with E-state index in [0.29, 0.717) is 26.3 Å². The van der Waals surface area contributed by atoms with Crippen LogP contribution >= 0.6 is 0 Å². The van der Waals surface area contributed by atoms with Gasteiger partial charge in [0.1, 0.15) is 5.75 Å². The summed E-state index contributed by atoms with van der Waals surface area (Å²) < 4.78 is 10.8. The molecule has 1 aliphatic heterocycles. The fourth-order valence-corrected chi connectivity index (χ4v) is 2.91. The molecule has 5 heteroatoms. The number of para-hydroxylation sites is 1. The van der Waals surface area contributed by atoms with Crippen LogP contribution in [0.4, 0.5) is 0 Å². The number of morpholine rings is 1. The van der Waals surface area contributed by atoms with E-state index in [9.17, 15) is 4.79 Å². The fourth-order valence-electron chi connectivity index (χ4n) is 2.91. The van der Waals surface area contributed by atoms with Crippen LogP contribution in [0.5, 0.6) is 5.75 Å². The van der Waals surface area contributed by atoms with Crippen LogP contribution in [-0.4, -0.2) is 50.3 Å². The lowest BCUT2D eigenvalue weighted by Crippen LogP contribution is -2.52. The van der Waals surface area contributed by atoms with Crippen molar-refractivity contribution >= 4 is 5.91 Å². The van der Waals surface area contributed by atoms with Crippen LogP contribution in [-0.2, 0) is 9.53 Å². The van der Waals surface area contributed by atoms with E-state index >= 15 is 0 Å². The molecule has 1 N–H and O–H groups in total. The number of hydrogen-bond acceptors (Lipinski definition) is 4. The number of carbonyl (C=O) groups excluding carboxylic acids is 1. The summed E-state index contributed by atoms with van der Waals surface area (Å²) in [6, 6.07) is 7.74. The smallest absolute Gasteiger partial charge is 0.240 e. The number of amides is 1. The zero-order valence-corrected chi connectivity index (χ0v) is 14.5. The Morgan fingerprint density at radius 3 is 2.48 bits per heavy atom. The first-order chi connectivity index (χ1) is 11.0. The summed E-state index contributed by atoms with van der Waals surface area (Å²) >= 11 is 0. The van der Waals surface area contributed by atoms with Gasteiger partial charge in [-0.25, -0.2) is 0 Å². The molecule has 1 aliphatic rings. The van der Waals surface area contributed by atoms with Crippen LogP contribution in [0.1, 0.15) is 32.4 Å². The van der Waals surface area contributed by atoms with Gasteiger partial charge in [0.25, 0.3) is 0 Å². The summed E-state index contributed by atoms with van der Waals surface area (Å²) in [6.45, 7) is 8.81. The number of rotatable bonds is 6. The molecule has 1 aromatic carbocycles. The average molecular weight is 320 g/mol. The monoisotopic (exact) mass is 320 g/mol. The normalized spacial score (nSPS) is 17.9. The number of benzene rings is 1. The first-order valence-electron chi connectivity index (χ1n) is 8.30. The largest absolute Gasteiger partial charge is 0.496 e. The van der Waals surface area contributed by atoms with Gasteiger partial charge in [-0.1, -0.05) is 32.0 Å². The molecule has 1 amide bonds. The number of methoxy groups -OCH3 is 1. The van der Waals surface area contributed by atoms with Crippen LogP contribution in [0.2, 0.25) is 0 Å². The first kappa shape index (κ1) is 17.8. The van der Waals surface area contributed by atoms with Gasteiger partial charge in [-0.15, -0.1) is 0 Å². The van der Waals surface area contributed by atoms with Crippen molar-refractivity contribution in [1.29, 1.82) is 0 Å². The van der Waals surface area contributed by atoms with Crippen molar-refractivity contribution in [2.75, 3.05) is 33.4 Å². The Labute approximate surface area is 139 Å². The predicted octanol–water partition coefficient (Wildman–Crippen LogP) is 2.23. The second kappa shape index (κ2) is 8.31. The highest BCUT2D eigenvalue weighted by Gasteiger charge is 2.29. The Morgan fingerprint density at radius 1 is 1.22 bits per heavy atom. The Morgan fingerprint density at radius 2 is 1.87 bits per heavy atom. The summed E-state index contributed by atoms with van der Waals surface area (Å²) in [4.78, 5) is 14.7. The number of nitrogens with one attached hydrogen (secondary N) is 1. The number of hydrogen-bond donors (Lipinski definition) is 1. The Hall–Kier alpha value is -1.59. The van der Waals surface area contributed by atoms with E-state index in [1.165, 1.54) is 0 Å². The van der Waals surface area contributed by atoms with Crippen LogP contribution in [0.3, 0.4) is 0 Å². The third-order valence-corrected chi connectivity index (χ3v) is 4.29. The maximum atomic E-state index is 12.8. The molecule has 5 nitrogen and oxygen atoms in total. The minimum atomic E-state index is -0.215. The molecule has 0 radical (unpaired) electrons. The van der Waals surface area contributed by atoms with E-state index in [1.807, 2.05) is 29.2 Å². The number of ether oxygens (including phenoxy) is 2. The number of carbonyl (C=O) groups is 1. The fraction of sp³-hybridized carbons (Fsp3) is 0.611. The van der Waals surface area contributed by atoms with Crippen molar-refractivity contribution in [3.05, 3.63) is 29.8 Å². The highest BCUT2D eigenvalue weighted by atomic mass is 16.5. The third kappa shape index (κ3) is 4.45. The molecule has 1 saturated heterocycles. The van der Waals surface area contributed by atoms with Crippen LogP contribution in [0.15, 0.2) is 24.3 Å². The lowest BCUT2D eigenvalue weighted by molar-refractivity contribution is -0.138. The van der Waals surface area contributed by atoms with Gasteiger partial charge in [-0.2, -0.15) is 0 Å². The average Bonchev–Trinajstić information content (AvgIpc) is 2.59. The van der Waals surface area contributed by atoms with Gasteiger partial charge in [0.15, 0.2) is 0 Å². The molecule has 0 spiro atoms. The van der Waals surface area contributed by atoms with Crippen molar-refractivity contribution in [2.45, 2.75) is 32.9 Å². The first-order valence-corrected chi connectivity index (χ1v) is 8.30. The van der Waals surface area contributed by atoms with E-state index in [2.05, 4.69) is 26.1 Å². The van der Waals surface area contributed by atoms with E-state index in [0.717, 1.165) is 11.3 Å². The summed E-state index contributed by atoms with van der Waals surface area (Å²) in [5.74, 6) is 1.21. The van der Waals surface area contributed by atoms with Crippen molar-refractivity contribution < 1.29 is 14.3 Å². The molecule has 0 saturated carbocycles. The lowest BCUT2D eigenvalue weighted by atomic mass is 9.99. The van der Waals surface area contributed by atoms with Gasteiger partial charge in [0, 0.05) is 24.7 Å². The van der Waals surface area contributed by atoms with Crippen molar-refractivity contribution in [3.63, 3.8) is 0 Å². The quantitative estimate of drug-likeness (QED) is 0.873. The van der Waals surface area contributed by atoms with Gasteiger partial charge < -0.3 is 14.4 Å². The van der Waals surface area contributed by atoms with Crippen LogP contribution < -0.4 is 10.1 Å². The van der Waals surface area contributed by atoms with Crippen LogP contribution in [0.25, 0.3) is 0 Å². The SMILES string of the molecule is COc1ccccc1[C@@H](C)N[C@@H](C(=O)N1CCOCC1)C(C)C. The number of nitrogens with zero attached hydrogens (tertiary/aromatic N) is 1. The third-order valence-electron chi connectivity index (χ3n) is 4.29. The van der Waals surface area contributed by atoms with Gasteiger partial charge in [0.05, 0.1) is 26.4 Å². The van der Waals surface area contributed by atoms with Gasteiger partial charge in [-0.3, -0.25) is 10.1 Å². The molecule has 1 aromatic rings.